The zero-order chi connectivity index (χ0) is 13.5. The fourth-order valence-electron chi connectivity index (χ4n) is 2.43. The molecule has 0 bridgehead atoms. The van der Waals surface area contributed by atoms with Gasteiger partial charge in [-0.3, -0.25) is 0 Å². The van der Waals surface area contributed by atoms with Gasteiger partial charge in [0.05, 0.1) is 11.7 Å². The molecule has 1 unspecified atom stereocenters. The molecule has 20 heavy (non-hydrogen) atoms. The molecule has 1 fully saturated rings. The Labute approximate surface area is 121 Å². The summed E-state index contributed by atoms with van der Waals surface area (Å²) in [4.78, 5) is 4.69. The molecule has 1 aromatic heterocycles. The molecule has 0 amide bonds. The lowest BCUT2D eigenvalue weighted by Crippen LogP contribution is -2.15. The van der Waals surface area contributed by atoms with Crippen LogP contribution in [0.1, 0.15) is 23.9 Å². The van der Waals surface area contributed by atoms with E-state index >= 15 is 0 Å². The number of hydrogen-bond acceptors (Lipinski definition) is 5. The van der Waals surface area contributed by atoms with Crippen LogP contribution in [0.5, 0.6) is 11.5 Å². The summed E-state index contributed by atoms with van der Waals surface area (Å²) in [6, 6.07) is 6.07. The summed E-state index contributed by atoms with van der Waals surface area (Å²) in [5.74, 6) is 2.24. The van der Waals surface area contributed by atoms with Crippen molar-refractivity contribution in [3.8, 4) is 22.8 Å². The molecule has 2 aromatic rings. The van der Waals surface area contributed by atoms with Crippen LogP contribution in [0.15, 0.2) is 23.6 Å². The summed E-state index contributed by atoms with van der Waals surface area (Å²) in [6.07, 6.45) is 2.47. The van der Waals surface area contributed by atoms with E-state index in [9.17, 15) is 0 Å². The van der Waals surface area contributed by atoms with Crippen molar-refractivity contribution in [3.63, 3.8) is 0 Å². The minimum Gasteiger partial charge on any atom is -0.486 e. The summed E-state index contributed by atoms with van der Waals surface area (Å²) in [5.41, 5.74) is 8.23. The van der Waals surface area contributed by atoms with Crippen molar-refractivity contribution in [1.82, 2.24) is 4.98 Å². The average molecular weight is 288 g/mol. The molecule has 1 saturated carbocycles. The van der Waals surface area contributed by atoms with Gasteiger partial charge in [0, 0.05) is 10.9 Å². The Hall–Kier alpha value is -1.59. The molecule has 2 N–H and O–H groups in total. The zero-order valence-corrected chi connectivity index (χ0v) is 11.9. The Kier molecular flexibility index (Phi) is 2.89. The molecule has 5 heteroatoms. The molecular weight excluding hydrogens is 272 g/mol. The molecule has 4 nitrogen and oxygen atoms in total. The predicted molar refractivity (Wildman–Crippen MR) is 78.2 cm³/mol. The summed E-state index contributed by atoms with van der Waals surface area (Å²) in [7, 11) is 0. The number of nitrogens with zero attached hydrogens (tertiary/aromatic N) is 1. The maximum absolute atomic E-state index is 6.21. The summed E-state index contributed by atoms with van der Waals surface area (Å²) < 4.78 is 11.1. The minimum atomic E-state index is 0.103. The third-order valence-electron chi connectivity index (χ3n) is 3.77. The number of fused-ring (bicyclic) bond motifs is 1. The molecule has 4 rings (SSSR count). The van der Waals surface area contributed by atoms with Crippen molar-refractivity contribution in [2.24, 2.45) is 11.7 Å². The van der Waals surface area contributed by atoms with Gasteiger partial charge in [0.2, 0.25) is 0 Å². The van der Waals surface area contributed by atoms with E-state index in [1.807, 2.05) is 18.2 Å². The third-order valence-corrected chi connectivity index (χ3v) is 4.72. The van der Waals surface area contributed by atoms with Gasteiger partial charge < -0.3 is 15.2 Å². The lowest BCUT2D eigenvalue weighted by Gasteiger charge is -2.18. The Morgan fingerprint density at radius 2 is 2.00 bits per heavy atom. The number of ether oxygens (including phenoxy) is 2. The Morgan fingerprint density at radius 1 is 1.20 bits per heavy atom. The molecule has 0 spiro atoms. The van der Waals surface area contributed by atoms with E-state index in [0.717, 1.165) is 27.8 Å². The van der Waals surface area contributed by atoms with Gasteiger partial charge in [0.15, 0.2) is 11.5 Å². The second kappa shape index (κ2) is 4.75. The molecule has 104 valence electrons. The molecule has 1 aliphatic carbocycles. The Morgan fingerprint density at radius 3 is 2.80 bits per heavy atom. The number of benzene rings is 1. The van der Waals surface area contributed by atoms with Gasteiger partial charge in [-0.25, -0.2) is 4.98 Å². The predicted octanol–water partition coefficient (Wildman–Crippen LogP) is 2.99. The first-order valence-corrected chi connectivity index (χ1v) is 7.80. The van der Waals surface area contributed by atoms with Crippen LogP contribution in [-0.2, 0) is 0 Å². The van der Waals surface area contributed by atoms with Gasteiger partial charge in [0.1, 0.15) is 18.2 Å². The lowest BCUT2D eigenvalue weighted by atomic mass is 10.1. The standard InChI is InChI=1S/C15H16N2O2S/c16-14(9-1-2-9)15-17-11(8-20-15)10-3-4-12-13(7-10)19-6-5-18-12/h3-4,7-9,14H,1-2,5-6,16H2. The van der Waals surface area contributed by atoms with E-state index in [0.29, 0.717) is 19.1 Å². The first-order valence-electron chi connectivity index (χ1n) is 6.92. The topological polar surface area (TPSA) is 57.4 Å². The van der Waals surface area contributed by atoms with Crippen molar-refractivity contribution < 1.29 is 9.47 Å². The van der Waals surface area contributed by atoms with Gasteiger partial charge in [-0.15, -0.1) is 11.3 Å². The van der Waals surface area contributed by atoms with Gasteiger partial charge >= 0.3 is 0 Å². The number of thiazole rings is 1. The van der Waals surface area contributed by atoms with Crippen LogP contribution >= 0.6 is 11.3 Å². The molecule has 2 heterocycles. The lowest BCUT2D eigenvalue weighted by molar-refractivity contribution is 0.171. The molecule has 0 saturated heterocycles. The zero-order valence-electron chi connectivity index (χ0n) is 11.0. The van der Waals surface area contributed by atoms with Crippen molar-refractivity contribution in [1.29, 1.82) is 0 Å². The van der Waals surface area contributed by atoms with Gasteiger partial charge in [-0.05, 0) is 37.0 Å². The van der Waals surface area contributed by atoms with Crippen LogP contribution in [0.25, 0.3) is 11.3 Å². The molecular formula is C15H16N2O2S. The number of nitrogens with two attached hydrogens (primary N) is 1. The van der Waals surface area contributed by atoms with Crippen molar-refractivity contribution in [2.45, 2.75) is 18.9 Å². The van der Waals surface area contributed by atoms with Gasteiger partial charge in [-0.1, -0.05) is 0 Å². The molecule has 1 aromatic carbocycles. The van der Waals surface area contributed by atoms with Crippen LogP contribution in [0.2, 0.25) is 0 Å². The van der Waals surface area contributed by atoms with Crippen LogP contribution in [0, 0.1) is 5.92 Å². The van der Waals surface area contributed by atoms with Crippen molar-refractivity contribution >= 4 is 11.3 Å². The minimum absolute atomic E-state index is 0.103. The fraction of sp³-hybridized carbons (Fsp3) is 0.400. The normalized spacial score (nSPS) is 18.9. The highest BCUT2D eigenvalue weighted by atomic mass is 32.1. The number of aromatic nitrogens is 1. The Balaban J connectivity index is 1.63. The molecule has 2 aliphatic rings. The van der Waals surface area contributed by atoms with Crippen LogP contribution in [0.4, 0.5) is 0 Å². The van der Waals surface area contributed by atoms with Crippen molar-refractivity contribution in [3.05, 3.63) is 28.6 Å². The van der Waals surface area contributed by atoms with Gasteiger partial charge in [-0.2, -0.15) is 0 Å². The van der Waals surface area contributed by atoms with E-state index in [1.54, 1.807) is 11.3 Å². The highest BCUT2D eigenvalue weighted by Crippen LogP contribution is 2.41. The van der Waals surface area contributed by atoms with E-state index < -0.39 is 0 Å². The quantitative estimate of drug-likeness (QED) is 0.943. The summed E-state index contributed by atoms with van der Waals surface area (Å²) >= 11 is 1.65. The first-order chi connectivity index (χ1) is 9.81. The van der Waals surface area contributed by atoms with Crippen molar-refractivity contribution in [2.75, 3.05) is 13.2 Å². The number of hydrogen-bond donors (Lipinski definition) is 1. The van der Waals surface area contributed by atoms with Crippen LogP contribution < -0.4 is 15.2 Å². The van der Waals surface area contributed by atoms with E-state index in [4.69, 9.17) is 15.2 Å². The molecule has 1 atom stereocenters. The summed E-state index contributed by atoms with van der Waals surface area (Å²) in [5, 5.41) is 3.11. The SMILES string of the molecule is NC(c1nc(-c2ccc3c(c2)OCCO3)cs1)C1CC1. The summed E-state index contributed by atoms with van der Waals surface area (Å²) in [6.45, 7) is 1.22. The largest absolute Gasteiger partial charge is 0.486 e. The number of rotatable bonds is 3. The Bertz CT molecular complexity index is 637. The van der Waals surface area contributed by atoms with Crippen LogP contribution in [-0.4, -0.2) is 18.2 Å². The highest BCUT2D eigenvalue weighted by Gasteiger charge is 2.31. The maximum atomic E-state index is 6.21. The van der Waals surface area contributed by atoms with E-state index in [2.05, 4.69) is 10.4 Å². The van der Waals surface area contributed by atoms with Crippen LogP contribution in [0.3, 0.4) is 0 Å². The maximum Gasteiger partial charge on any atom is 0.162 e. The second-order valence-corrected chi connectivity index (χ2v) is 6.18. The molecule has 0 radical (unpaired) electrons. The smallest absolute Gasteiger partial charge is 0.162 e. The second-order valence-electron chi connectivity index (χ2n) is 5.29. The van der Waals surface area contributed by atoms with E-state index in [1.165, 1.54) is 12.8 Å². The third kappa shape index (κ3) is 2.17. The fourth-order valence-corrected chi connectivity index (χ4v) is 3.35. The van der Waals surface area contributed by atoms with E-state index in [-0.39, 0.29) is 6.04 Å². The first kappa shape index (κ1) is 12.2. The van der Waals surface area contributed by atoms with Gasteiger partial charge in [0.25, 0.3) is 0 Å². The molecule has 1 aliphatic heterocycles. The highest BCUT2D eigenvalue weighted by molar-refractivity contribution is 7.10. The monoisotopic (exact) mass is 288 g/mol. The average Bonchev–Trinajstić information content (AvgIpc) is 3.23.